The zero-order chi connectivity index (χ0) is 10.7. The van der Waals surface area contributed by atoms with Gasteiger partial charge in [0.25, 0.3) is 0 Å². The largest absolute Gasteiger partial charge is 0.326 e. The van der Waals surface area contributed by atoms with Gasteiger partial charge in [-0.25, -0.2) is 0 Å². The van der Waals surface area contributed by atoms with E-state index in [2.05, 4.69) is 16.4 Å². The second-order valence-corrected chi connectivity index (χ2v) is 3.90. The number of terminal acetylenes is 1. The molecule has 4 heteroatoms. The molecule has 0 aliphatic rings. The number of hydrogen-bond donors (Lipinski definition) is 1. The van der Waals surface area contributed by atoms with E-state index in [1.54, 1.807) is 16.0 Å². The van der Waals surface area contributed by atoms with Gasteiger partial charge in [-0.15, -0.1) is 6.42 Å². The number of hydrogen-bond acceptors (Lipinski definition) is 3. The SMILES string of the molecule is C#CCn1cc(CN)c(-c2ccsc2)n1. The Labute approximate surface area is 92.5 Å². The van der Waals surface area contributed by atoms with Gasteiger partial charge in [-0.3, -0.25) is 4.68 Å². The van der Waals surface area contributed by atoms with Gasteiger partial charge in [-0.2, -0.15) is 16.4 Å². The standard InChI is InChI=1S/C11H11N3S/c1-2-4-14-7-10(6-12)11(13-14)9-3-5-15-8-9/h1,3,5,7-8H,4,6,12H2. The molecule has 76 valence electrons. The molecule has 2 aromatic rings. The average Bonchev–Trinajstić information content (AvgIpc) is 2.84. The molecule has 0 atom stereocenters. The van der Waals surface area contributed by atoms with Crippen molar-refractivity contribution in [3.8, 4) is 23.6 Å². The van der Waals surface area contributed by atoms with E-state index in [0.717, 1.165) is 16.8 Å². The number of aromatic nitrogens is 2. The highest BCUT2D eigenvalue weighted by Gasteiger charge is 2.09. The summed E-state index contributed by atoms with van der Waals surface area (Å²) in [5.74, 6) is 2.56. The van der Waals surface area contributed by atoms with Crippen LogP contribution in [0.2, 0.25) is 0 Å². The van der Waals surface area contributed by atoms with E-state index in [1.807, 2.05) is 17.6 Å². The third kappa shape index (κ3) is 1.94. The van der Waals surface area contributed by atoms with Gasteiger partial charge in [-0.1, -0.05) is 5.92 Å². The highest BCUT2D eigenvalue weighted by atomic mass is 32.1. The maximum atomic E-state index is 5.66. The summed E-state index contributed by atoms with van der Waals surface area (Å²) in [5.41, 5.74) is 8.74. The molecular formula is C11H11N3S. The van der Waals surface area contributed by atoms with Crippen LogP contribution in [0.1, 0.15) is 5.56 Å². The van der Waals surface area contributed by atoms with Crippen molar-refractivity contribution in [1.29, 1.82) is 0 Å². The van der Waals surface area contributed by atoms with Crippen molar-refractivity contribution in [2.75, 3.05) is 0 Å². The number of nitrogens with two attached hydrogens (primary N) is 1. The molecule has 0 bridgehead atoms. The summed E-state index contributed by atoms with van der Waals surface area (Å²) in [6.45, 7) is 0.965. The molecule has 0 saturated heterocycles. The van der Waals surface area contributed by atoms with Crippen molar-refractivity contribution in [2.45, 2.75) is 13.1 Å². The number of rotatable bonds is 3. The van der Waals surface area contributed by atoms with E-state index in [4.69, 9.17) is 12.2 Å². The predicted octanol–water partition coefficient (Wildman–Crippen LogP) is 1.70. The van der Waals surface area contributed by atoms with Gasteiger partial charge in [0.1, 0.15) is 6.54 Å². The smallest absolute Gasteiger partial charge is 0.101 e. The molecule has 0 fully saturated rings. The first-order valence-electron chi connectivity index (χ1n) is 4.57. The highest BCUT2D eigenvalue weighted by molar-refractivity contribution is 7.08. The Morgan fingerprint density at radius 3 is 3.07 bits per heavy atom. The van der Waals surface area contributed by atoms with Crippen molar-refractivity contribution >= 4 is 11.3 Å². The molecule has 0 spiro atoms. The van der Waals surface area contributed by atoms with Gasteiger partial charge in [0.2, 0.25) is 0 Å². The molecule has 0 aliphatic carbocycles. The fraction of sp³-hybridized carbons (Fsp3) is 0.182. The van der Waals surface area contributed by atoms with Crippen molar-refractivity contribution in [3.63, 3.8) is 0 Å². The maximum absolute atomic E-state index is 5.66. The quantitative estimate of drug-likeness (QED) is 0.795. The van der Waals surface area contributed by atoms with Crippen LogP contribution >= 0.6 is 11.3 Å². The van der Waals surface area contributed by atoms with Crippen LogP contribution in [0, 0.1) is 12.3 Å². The predicted molar refractivity (Wildman–Crippen MR) is 62.3 cm³/mol. The first-order chi connectivity index (χ1) is 7.35. The lowest BCUT2D eigenvalue weighted by atomic mass is 10.1. The van der Waals surface area contributed by atoms with Gasteiger partial charge in [-0.05, 0) is 11.4 Å². The van der Waals surface area contributed by atoms with E-state index in [0.29, 0.717) is 13.1 Å². The summed E-state index contributed by atoms with van der Waals surface area (Å²) in [4.78, 5) is 0. The van der Waals surface area contributed by atoms with Crippen LogP contribution in [0.4, 0.5) is 0 Å². The second-order valence-electron chi connectivity index (χ2n) is 3.12. The number of nitrogens with zero attached hydrogens (tertiary/aromatic N) is 2. The lowest BCUT2D eigenvalue weighted by Gasteiger charge is -1.94. The molecule has 2 aromatic heterocycles. The molecule has 0 amide bonds. The lowest BCUT2D eigenvalue weighted by Crippen LogP contribution is -1.96. The van der Waals surface area contributed by atoms with Gasteiger partial charge in [0.15, 0.2) is 0 Å². The van der Waals surface area contributed by atoms with Crippen molar-refractivity contribution in [2.24, 2.45) is 5.73 Å². The minimum absolute atomic E-state index is 0.482. The zero-order valence-electron chi connectivity index (χ0n) is 8.18. The first kappa shape index (κ1) is 9.97. The molecule has 2 heterocycles. The minimum Gasteiger partial charge on any atom is -0.326 e. The summed E-state index contributed by atoms with van der Waals surface area (Å²) in [6.07, 6.45) is 7.15. The van der Waals surface area contributed by atoms with Crippen LogP contribution in [0.25, 0.3) is 11.3 Å². The zero-order valence-corrected chi connectivity index (χ0v) is 9.00. The Morgan fingerprint density at radius 1 is 1.60 bits per heavy atom. The highest BCUT2D eigenvalue weighted by Crippen LogP contribution is 2.23. The summed E-state index contributed by atoms with van der Waals surface area (Å²) < 4.78 is 1.75. The molecular weight excluding hydrogens is 206 g/mol. The Bertz CT molecular complexity index is 476. The average molecular weight is 217 g/mol. The molecule has 0 saturated carbocycles. The molecule has 15 heavy (non-hydrogen) atoms. The Morgan fingerprint density at radius 2 is 2.47 bits per heavy atom. The topological polar surface area (TPSA) is 43.8 Å². The summed E-state index contributed by atoms with van der Waals surface area (Å²) in [6, 6.07) is 2.03. The normalized spacial score (nSPS) is 10.1. The summed E-state index contributed by atoms with van der Waals surface area (Å²) in [5, 5.41) is 8.49. The second kappa shape index (κ2) is 4.30. The van der Waals surface area contributed by atoms with Gasteiger partial charge >= 0.3 is 0 Å². The van der Waals surface area contributed by atoms with Crippen LogP contribution in [-0.4, -0.2) is 9.78 Å². The monoisotopic (exact) mass is 217 g/mol. The van der Waals surface area contributed by atoms with E-state index in [1.165, 1.54) is 0 Å². The van der Waals surface area contributed by atoms with Crippen LogP contribution in [-0.2, 0) is 13.1 Å². The fourth-order valence-electron chi connectivity index (χ4n) is 1.43. The molecule has 0 radical (unpaired) electrons. The van der Waals surface area contributed by atoms with E-state index in [-0.39, 0.29) is 0 Å². The first-order valence-corrected chi connectivity index (χ1v) is 5.52. The maximum Gasteiger partial charge on any atom is 0.101 e. The molecule has 0 unspecified atom stereocenters. The molecule has 0 aromatic carbocycles. The molecule has 2 rings (SSSR count). The van der Waals surface area contributed by atoms with Gasteiger partial charge in [0, 0.05) is 29.2 Å². The van der Waals surface area contributed by atoms with E-state index < -0.39 is 0 Å². The lowest BCUT2D eigenvalue weighted by molar-refractivity contribution is 0.717. The van der Waals surface area contributed by atoms with Crippen LogP contribution in [0.15, 0.2) is 23.0 Å². The van der Waals surface area contributed by atoms with Crippen molar-refractivity contribution in [1.82, 2.24) is 9.78 Å². The molecule has 0 aliphatic heterocycles. The minimum atomic E-state index is 0.482. The summed E-state index contributed by atoms with van der Waals surface area (Å²) >= 11 is 1.65. The van der Waals surface area contributed by atoms with Gasteiger partial charge < -0.3 is 5.73 Å². The van der Waals surface area contributed by atoms with Crippen LogP contribution in [0.5, 0.6) is 0 Å². The Kier molecular flexibility index (Phi) is 2.86. The Hall–Kier alpha value is -1.57. The van der Waals surface area contributed by atoms with E-state index in [9.17, 15) is 0 Å². The molecule has 2 N–H and O–H groups in total. The fourth-order valence-corrected chi connectivity index (χ4v) is 2.07. The Balaban J connectivity index is 2.42. The van der Waals surface area contributed by atoms with Crippen LogP contribution in [0.3, 0.4) is 0 Å². The van der Waals surface area contributed by atoms with E-state index >= 15 is 0 Å². The molecule has 3 nitrogen and oxygen atoms in total. The van der Waals surface area contributed by atoms with Crippen molar-refractivity contribution < 1.29 is 0 Å². The third-order valence-corrected chi connectivity index (χ3v) is 2.79. The van der Waals surface area contributed by atoms with Gasteiger partial charge in [0.05, 0.1) is 5.69 Å². The number of thiophene rings is 1. The third-order valence-electron chi connectivity index (χ3n) is 2.11. The summed E-state index contributed by atoms with van der Waals surface area (Å²) in [7, 11) is 0. The van der Waals surface area contributed by atoms with Crippen molar-refractivity contribution in [3.05, 3.63) is 28.6 Å². The van der Waals surface area contributed by atoms with Crippen LogP contribution < -0.4 is 5.73 Å².